The van der Waals surface area contributed by atoms with E-state index in [1.54, 1.807) is 12.4 Å². The van der Waals surface area contributed by atoms with Gasteiger partial charge >= 0.3 is 0 Å². The zero-order valence-electron chi connectivity index (χ0n) is 14.6. The third-order valence-corrected chi connectivity index (χ3v) is 4.88. The predicted octanol–water partition coefficient (Wildman–Crippen LogP) is 2.32. The Labute approximate surface area is 146 Å². The van der Waals surface area contributed by atoms with Gasteiger partial charge in [0.2, 0.25) is 0 Å². The van der Waals surface area contributed by atoms with Crippen LogP contribution in [0.3, 0.4) is 0 Å². The Morgan fingerprint density at radius 3 is 2.80 bits per heavy atom. The fourth-order valence-corrected chi connectivity index (χ4v) is 3.04. The second kappa shape index (κ2) is 5.87. The Hall–Kier alpha value is -2.90. The highest BCUT2D eigenvalue weighted by Gasteiger charge is 2.31. The smallest absolute Gasteiger partial charge is 0.164 e. The second-order valence-corrected chi connectivity index (χ2v) is 6.70. The normalized spacial score (nSPS) is 15.3. The third kappa shape index (κ3) is 2.95. The molecule has 1 fully saturated rings. The lowest BCUT2D eigenvalue weighted by atomic mass is 10.2. The standard InChI is InChI=1S/C17H22N8/c1-10(11-4-5-11)25(3)15-6-12(16-17(23-15)24(2)9-21-16)22-14-7-13(18)19-8-20-14/h6-11H,4-5H2,1-3H3,(H3,18,19,20,22,23). The Kier molecular flexibility index (Phi) is 3.67. The molecule has 1 aliphatic carbocycles. The van der Waals surface area contributed by atoms with Gasteiger partial charge in [0.1, 0.15) is 29.3 Å². The zero-order chi connectivity index (χ0) is 17.6. The first kappa shape index (κ1) is 15.6. The number of hydrogen-bond acceptors (Lipinski definition) is 7. The summed E-state index contributed by atoms with van der Waals surface area (Å²) in [5.74, 6) is 2.73. The van der Waals surface area contributed by atoms with Crippen molar-refractivity contribution >= 4 is 34.3 Å². The highest BCUT2D eigenvalue weighted by Crippen LogP contribution is 2.37. The van der Waals surface area contributed by atoms with Crippen molar-refractivity contribution in [2.45, 2.75) is 25.8 Å². The van der Waals surface area contributed by atoms with E-state index in [1.807, 2.05) is 17.7 Å². The SMILES string of the molecule is CC(C1CC1)N(C)c1cc(Nc2cc(N)ncn2)c2ncn(C)c2n1. The maximum absolute atomic E-state index is 5.76. The van der Waals surface area contributed by atoms with Crippen LogP contribution in [0, 0.1) is 5.92 Å². The van der Waals surface area contributed by atoms with E-state index in [0.29, 0.717) is 17.7 Å². The number of aryl methyl sites for hydroxylation is 1. The van der Waals surface area contributed by atoms with Crippen LogP contribution in [0.5, 0.6) is 0 Å². The number of pyridine rings is 1. The van der Waals surface area contributed by atoms with E-state index in [9.17, 15) is 0 Å². The van der Waals surface area contributed by atoms with Crippen LogP contribution in [0.2, 0.25) is 0 Å². The molecular formula is C17H22N8. The first-order chi connectivity index (χ1) is 12.0. The summed E-state index contributed by atoms with van der Waals surface area (Å²) < 4.78 is 1.92. The van der Waals surface area contributed by atoms with Crippen LogP contribution in [-0.2, 0) is 7.05 Å². The van der Waals surface area contributed by atoms with E-state index in [-0.39, 0.29) is 0 Å². The number of anilines is 4. The number of nitrogens with one attached hydrogen (secondary N) is 1. The Morgan fingerprint density at radius 2 is 2.08 bits per heavy atom. The number of fused-ring (bicyclic) bond motifs is 1. The number of rotatable bonds is 5. The fourth-order valence-electron chi connectivity index (χ4n) is 3.04. The summed E-state index contributed by atoms with van der Waals surface area (Å²) in [6, 6.07) is 4.18. The van der Waals surface area contributed by atoms with Crippen molar-refractivity contribution in [3.05, 3.63) is 24.8 Å². The lowest BCUT2D eigenvalue weighted by molar-refractivity contribution is 0.604. The van der Waals surface area contributed by atoms with E-state index < -0.39 is 0 Å². The molecule has 3 aromatic rings. The highest BCUT2D eigenvalue weighted by atomic mass is 15.2. The minimum absolute atomic E-state index is 0.420. The van der Waals surface area contributed by atoms with Gasteiger partial charge in [-0.25, -0.2) is 19.9 Å². The molecule has 3 N–H and O–H groups in total. The van der Waals surface area contributed by atoms with Gasteiger partial charge in [-0.15, -0.1) is 0 Å². The summed E-state index contributed by atoms with van der Waals surface area (Å²) in [5, 5.41) is 3.31. The van der Waals surface area contributed by atoms with Gasteiger partial charge in [0.25, 0.3) is 0 Å². The molecule has 8 nitrogen and oxygen atoms in total. The number of imidazole rings is 1. The number of hydrogen-bond donors (Lipinski definition) is 2. The molecule has 8 heteroatoms. The summed E-state index contributed by atoms with van der Waals surface area (Å²) >= 11 is 0. The number of nitrogens with zero attached hydrogens (tertiary/aromatic N) is 6. The summed E-state index contributed by atoms with van der Waals surface area (Å²) in [6.45, 7) is 2.25. The Bertz CT molecular complexity index is 914. The van der Waals surface area contributed by atoms with E-state index in [0.717, 1.165) is 28.6 Å². The van der Waals surface area contributed by atoms with Crippen molar-refractivity contribution < 1.29 is 0 Å². The van der Waals surface area contributed by atoms with Crippen LogP contribution in [0.1, 0.15) is 19.8 Å². The topological polar surface area (TPSA) is 97.8 Å². The Morgan fingerprint density at radius 1 is 1.28 bits per heavy atom. The molecule has 0 aliphatic heterocycles. The molecule has 130 valence electrons. The average Bonchev–Trinajstić information content (AvgIpc) is 3.38. The van der Waals surface area contributed by atoms with Crippen LogP contribution in [0.4, 0.5) is 23.1 Å². The minimum Gasteiger partial charge on any atom is -0.384 e. The molecule has 4 rings (SSSR count). The van der Waals surface area contributed by atoms with Gasteiger partial charge in [-0.2, -0.15) is 0 Å². The number of nitrogen functional groups attached to an aromatic ring is 1. The molecule has 1 saturated carbocycles. The van der Waals surface area contributed by atoms with Crippen molar-refractivity contribution in [1.29, 1.82) is 0 Å². The molecule has 0 amide bonds. The second-order valence-electron chi connectivity index (χ2n) is 6.70. The fraction of sp³-hybridized carbons (Fsp3) is 0.412. The van der Waals surface area contributed by atoms with Crippen LogP contribution in [0.25, 0.3) is 11.2 Å². The molecule has 1 aliphatic rings. The van der Waals surface area contributed by atoms with Crippen LogP contribution in [-0.4, -0.2) is 37.6 Å². The molecule has 0 radical (unpaired) electrons. The van der Waals surface area contributed by atoms with Crippen LogP contribution >= 0.6 is 0 Å². The van der Waals surface area contributed by atoms with Gasteiger partial charge in [0.15, 0.2) is 5.65 Å². The summed E-state index contributed by atoms with van der Waals surface area (Å²) in [5.41, 5.74) is 8.24. The largest absolute Gasteiger partial charge is 0.384 e. The summed E-state index contributed by atoms with van der Waals surface area (Å²) in [6.07, 6.45) is 5.80. The first-order valence-corrected chi connectivity index (χ1v) is 8.42. The van der Waals surface area contributed by atoms with E-state index >= 15 is 0 Å². The van der Waals surface area contributed by atoms with Crippen molar-refractivity contribution in [3.63, 3.8) is 0 Å². The van der Waals surface area contributed by atoms with Crippen molar-refractivity contribution in [2.75, 3.05) is 23.0 Å². The monoisotopic (exact) mass is 338 g/mol. The molecular weight excluding hydrogens is 316 g/mol. The van der Waals surface area contributed by atoms with Gasteiger partial charge in [-0.1, -0.05) is 0 Å². The van der Waals surface area contributed by atoms with Gasteiger partial charge in [-0.05, 0) is 25.7 Å². The lowest BCUT2D eigenvalue weighted by Crippen LogP contribution is -2.31. The zero-order valence-corrected chi connectivity index (χ0v) is 14.6. The minimum atomic E-state index is 0.420. The average molecular weight is 338 g/mol. The van der Waals surface area contributed by atoms with Gasteiger partial charge < -0.3 is 20.5 Å². The van der Waals surface area contributed by atoms with Gasteiger partial charge in [0, 0.05) is 32.3 Å². The molecule has 0 saturated heterocycles. The maximum Gasteiger partial charge on any atom is 0.164 e. The van der Waals surface area contributed by atoms with E-state index in [4.69, 9.17) is 10.7 Å². The molecule has 1 atom stereocenters. The van der Waals surface area contributed by atoms with E-state index in [1.165, 1.54) is 19.2 Å². The van der Waals surface area contributed by atoms with Crippen molar-refractivity contribution in [1.82, 2.24) is 24.5 Å². The predicted molar refractivity (Wildman–Crippen MR) is 98.8 cm³/mol. The quantitative estimate of drug-likeness (QED) is 0.736. The molecule has 1 unspecified atom stereocenters. The van der Waals surface area contributed by atoms with Crippen LogP contribution < -0.4 is 16.0 Å². The molecule has 0 spiro atoms. The molecule has 25 heavy (non-hydrogen) atoms. The Balaban J connectivity index is 1.76. The maximum atomic E-state index is 5.76. The molecule has 3 heterocycles. The first-order valence-electron chi connectivity index (χ1n) is 8.42. The summed E-state index contributed by atoms with van der Waals surface area (Å²) in [7, 11) is 4.04. The van der Waals surface area contributed by atoms with Crippen LogP contribution in [0.15, 0.2) is 24.8 Å². The molecule has 0 aromatic carbocycles. The van der Waals surface area contributed by atoms with Gasteiger partial charge in [0.05, 0.1) is 12.0 Å². The summed E-state index contributed by atoms with van der Waals surface area (Å²) in [4.78, 5) is 19.7. The highest BCUT2D eigenvalue weighted by molar-refractivity contribution is 5.90. The lowest BCUT2D eigenvalue weighted by Gasteiger charge is -2.26. The molecule has 0 bridgehead atoms. The van der Waals surface area contributed by atoms with Crippen molar-refractivity contribution in [3.8, 4) is 0 Å². The number of nitrogens with two attached hydrogens (primary N) is 1. The van der Waals surface area contributed by atoms with Gasteiger partial charge in [-0.3, -0.25) is 0 Å². The van der Waals surface area contributed by atoms with E-state index in [2.05, 4.69) is 39.1 Å². The molecule has 3 aromatic heterocycles. The van der Waals surface area contributed by atoms with Crippen molar-refractivity contribution in [2.24, 2.45) is 13.0 Å². The third-order valence-electron chi connectivity index (χ3n) is 4.88. The number of aromatic nitrogens is 5.